The van der Waals surface area contributed by atoms with Crippen LogP contribution in [0.5, 0.6) is 0 Å². The first-order valence-corrected chi connectivity index (χ1v) is 8.38. The Balaban J connectivity index is 1.78. The number of anilines is 1. The molecule has 0 saturated heterocycles. The highest BCUT2D eigenvalue weighted by molar-refractivity contribution is 5.90. The minimum atomic E-state index is -0.0706. The van der Waals surface area contributed by atoms with E-state index >= 15 is 0 Å². The van der Waals surface area contributed by atoms with Crippen LogP contribution in [-0.4, -0.2) is 35.6 Å². The quantitative estimate of drug-likeness (QED) is 0.738. The molecule has 0 aliphatic carbocycles. The van der Waals surface area contributed by atoms with Crippen molar-refractivity contribution in [3.05, 3.63) is 65.7 Å². The van der Waals surface area contributed by atoms with Crippen LogP contribution < -0.4 is 5.32 Å². The molecular formula is C20H23N3O2. The van der Waals surface area contributed by atoms with Crippen molar-refractivity contribution < 1.29 is 9.90 Å². The molecule has 1 amide bonds. The van der Waals surface area contributed by atoms with Gasteiger partial charge in [-0.05, 0) is 36.7 Å². The third-order valence-electron chi connectivity index (χ3n) is 3.82. The van der Waals surface area contributed by atoms with Crippen molar-refractivity contribution in [3.8, 4) is 6.07 Å². The van der Waals surface area contributed by atoms with Crippen molar-refractivity contribution in [1.29, 1.82) is 5.26 Å². The maximum absolute atomic E-state index is 12.0. The van der Waals surface area contributed by atoms with Crippen LogP contribution in [0.25, 0.3) is 0 Å². The molecular weight excluding hydrogens is 314 g/mol. The van der Waals surface area contributed by atoms with Crippen LogP contribution in [0.2, 0.25) is 0 Å². The lowest BCUT2D eigenvalue weighted by atomic mass is 10.2. The maximum atomic E-state index is 12.0. The smallest absolute Gasteiger partial charge is 0.224 e. The lowest BCUT2D eigenvalue weighted by Gasteiger charge is -2.21. The van der Waals surface area contributed by atoms with Crippen molar-refractivity contribution in [1.82, 2.24) is 4.90 Å². The van der Waals surface area contributed by atoms with Crippen LogP contribution in [-0.2, 0) is 11.3 Å². The van der Waals surface area contributed by atoms with Gasteiger partial charge in [0.15, 0.2) is 0 Å². The molecule has 0 fully saturated rings. The maximum Gasteiger partial charge on any atom is 0.224 e. The van der Waals surface area contributed by atoms with Crippen molar-refractivity contribution in [3.63, 3.8) is 0 Å². The minimum absolute atomic E-state index is 0.0706. The topological polar surface area (TPSA) is 76.4 Å². The number of aliphatic hydroxyl groups excluding tert-OH is 1. The van der Waals surface area contributed by atoms with E-state index in [0.717, 1.165) is 13.1 Å². The fourth-order valence-corrected chi connectivity index (χ4v) is 2.61. The van der Waals surface area contributed by atoms with Gasteiger partial charge in [0.1, 0.15) is 0 Å². The van der Waals surface area contributed by atoms with Gasteiger partial charge >= 0.3 is 0 Å². The number of carbonyl (C=O) groups excluding carboxylic acids is 1. The highest BCUT2D eigenvalue weighted by atomic mass is 16.3. The van der Waals surface area contributed by atoms with E-state index in [1.165, 1.54) is 5.56 Å². The molecule has 0 spiro atoms. The van der Waals surface area contributed by atoms with Gasteiger partial charge in [-0.15, -0.1) is 0 Å². The van der Waals surface area contributed by atoms with Gasteiger partial charge in [-0.2, -0.15) is 5.26 Å². The molecule has 5 heteroatoms. The number of hydrogen-bond donors (Lipinski definition) is 2. The summed E-state index contributed by atoms with van der Waals surface area (Å²) in [4.78, 5) is 14.2. The van der Waals surface area contributed by atoms with E-state index in [1.807, 2.05) is 18.2 Å². The number of amides is 1. The van der Waals surface area contributed by atoms with Crippen LogP contribution in [0.4, 0.5) is 5.69 Å². The summed E-state index contributed by atoms with van der Waals surface area (Å²) in [6, 6.07) is 19.0. The number of nitriles is 1. The van der Waals surface area contributed by atoms with Gasteiger partial charge in [-0.3, -0.25) is 9.69 Å². The number of carbonyl (C=O) groups is 1. The van der Waals surface area contributed by atoms with Crippen molar-refractivity contribution >= 4 is 11.6 Å². The Morgan fingerprint density at radius 2 is 1.92 bits per heavy atom. The first kappa shape index (κ1) is 18.7. The molecule has 2 rings (SSSR count). The fourth-order valence-electron chi connectivity index (χ4n) is 2.61. The number of benzene rings is 2. The van der Waals surface area contributed by atoms with E-state index in [0.29, 0.717) is 30.6 Å². The van der Waals surface area contributed by atoms with E-state index in [1.54, 1.807) is 24.3 Å². The third kappa shape index (κ3) is 6.76. The largest absolute Gasteiger partial charge is 0.395 e. The molecule has 2 N–H and O–H groups in total. The zero-order valence-corrected chi connectivity index (χ0v) is 14.2. The zero-order chi connectivity index (χ0) is 17.9. The normalized spacial score (nSPS) is 10.4. The molecule has 0 aliphatic rings. The second kappa shape index (κ2) is 10.2. The molecule has 0 aromatic heterocycles. The lowest BCUT2D eigenvalue weighted by molar-refractivity contribution is -0.116. The summed E-state index contributed by atoms with van der Waals surface area (Å²) in [7, 11) is 0. The predicted octanol–water partition coefficient (Wildman–Crippen LogP) is 2.77. The first-order chi connectivity index (χ1) is 12.2. The van der Waals surface area contributed by atoms with Crippen molar-refractivity contribution in [2.24, 2.45) is 0 Å². The van der Waals surface area contributed by atoms with E-state index in [9.17, 15) is 9.90 Å². The van der Waals surface area contributed by atoms with Crippen LogP contribution in [0.3, 0.4) is 0 Å². The van der Waals surface area contributed by atoms with Crippen molar-refractivity contribution in [2.75, 3.05) is 25.0 Å². The van der Waals surface area contributed by atoms with Crippen LogP contribution in [0.1, 0.15) is 24.0 Å². The number of nitrogens with zero attached hydrogens (tertiary/aromatic N) is 2. The van der Waals surface area contributed by atoms with Gasteiger partial charge in [0.25, 0.3) is 0 Å². The van der Waals surface area contributed by atoms with Gasteiger partial charge in [-0.1, -0.05) is 36.4 Å². The highest BCUT2D eigenvalue weighted by Crippen LogP contribution is 2.11. The Hall–Kier alpha value is -2.68. The molecule has 130 valence electrons. The number of hydrogen-bond acceptors (Lipinski definition) is 4. The van der Waals surface area contributed by atoms with Crippen LogP contribution in [0, 0.1) is 11.3 Å². The van der Waals surface area contributed by atoms with Gasteiger partial charge in [0, 0.05) is 25.2 Å². The third-order valence-corrected chi connectivity index (χ3v) is 3.82. The monoisotopic (exact) mass is 337 g/mol. The average Bonchev–Trinajstić information content (AvgIpc) is 2.63. The Morgan fingerprint density at radius 1 is 1.12 bits per heavy atom. The van der Waals surface area contributed by atoms with Crippen molar-refractivity contribution in [2.45, 2.75) is 19.4 Å². The molecule has 0 atom stereocenters. The van der Waals surface area contributed by atoms with Gasteiger partial charge in [0.05, 0.1) is 18.2 Å². The molecule has 2 aromatic carbocycles. The standard InChI is InChI=1S/C20H23N3O2/c21-15-18-8-4-9-19(14-18)22-20(25)10-5-11-23(12-13-24)16-17-6-2-1-3-7-17/h1-4,6-9,14,24H,5,10-13,16H2,(H,22,25). The van der Waals surface area contributed by atoms with E-state index in [2.05, 4.69) is 28.4 Å². The van der Waals surface area contributed by atoms with Crippen LogP contribution in [0.15, 0.2) is 54.6 Å². The van der Waals surface area contributed by atoms with E-state index in [-0.39, 0.29) is 12.5 Å². The molecule has 0 unspecified atom stereocenters. The second-order valence-corrected chi connectivity index (χ2v) is 5.83. The van der Waals surface area contributed by atoms with E-state index in [4.69, 9.17) is 5.26 Å². The second-order valence-electron chi connectivity index (χ2n) is 5.83. The molecule has 0 radical (unpaired) electrons. The summed E-state index contributed by atoms with van der Waals surface area (Å²) in [5.41, 5.74) is 2.35. The Morgan fingerprint density at radius 3 is 2.64 bits per heavy atom. The summed E-state index contributed by atoms with van der Waals surface area (Å²) in [5, 5.41) is 20.9. The summed E-state index contributed by atoms with van der Waals surface area (Å²) >= 11 is 0. The summed E-state index contributed by atoms with van der Waals surface area (Å²) in [6.07, 6.45) is 1.10. The Bertz CT molecular complexity index is 710. The predicted molar refractivity (Wildman–Crippen MR) is 97.8 cm³/mol. The van der Waals surface area contributed by atoms with Gasteiger partial charge in [-0.25, -0.2) is 0 Å². The Labute approximate surface area is 148 Å². The lowest BCUT2D eigenvalue weighted by Crippen LogP contribution is -2.28. The zero-order valence-electron chi connectivity index (χ0n) is 14.2. The number of aliphatic hydroxyl groups is 1. The SMILES string of the molecule is N#Cc1cccc(NC(=O)CCCN(CCO)Cc2ccccc2)c1. The molecule has 25 heavy (non-hydrogen) atoms. The summed E-state index contributed by atoms with van der Waals surface area (Å²) in [6.45, 7) is 2.18. The molecule has 0 bridgehead atoms. The molecule has 0 saturated carbocycles. The fraction of sp³-hybridized carbons (Fsp3) is 0.300. The molecule has 0 heterocycles. The highest BCUT2D eigenvalue weighted by Gasteiger charge is 2.08. The average molecular weight is 337 g/mol. The molecule has 2 aromatic rings. The van der Waals surface area contributed by atoms with Crippen LogP contribution >= 0.6 is 0 Å². The Kier molecular flexibility index (Phi) is 7.64. The number of nitrogens with one attached hydrogen (secondary N) is 1. The molecule has 5 nitrogen and oxygen atoms in total. The van der Waals surface area contributed by atoms with Gasteiger partial charge < -0.3 is 10.4 Å². The minimum Gasteiger partial charge on any atom is -0.395 e. The number of rotatable bonds is 9. The summed E-state index contributed by atoms with van der Waals surface area (Å²) in [5.74, 6) is -0.0706. The molecule has 0 aliphatic heterocycles. The van der Waals surface area contributed by atoms with Gasteiger partial charge in [0.2, 0.25) is 5.91 Å². The summed E-state index contributed by atoms with van der Waals surface area (Å²) < 4.78 is 0. The first-order valence-electron chi connectivity index (χ1n) is 8.38. The van der Waals surface area contributed by atoms with E-state index < -0.39 is 0 Å².